The maximum Gasteiger partial charge on any atom is 0.123 e. The van der Waals surface area contributed by atoms with Crippen molar-refractivity contribution in [3.8, 4) is 5.75 Å². The average Bonchev–Trinajstić information content (AvgIpc) is 2.46. The van der Waals surface area contributed by atoms with E-state index in [4.69, 9.17) is 9.47 Å². The Labute approximate surface area is 135 Å². The first-order chi connectivity index (χ1) is 10.6. The van der Waals surface area contributed by atoms with Crippen LogP contribution in [0.3, 0.4) is 0 Å². The quantitative estimate of drug-likeness (QED) is 0.773. The normalized spacial score (nSPS) is 23.0. The van der Waals surface area contributed by atoms with Gasteiger partial charge >= 0.3 is 0 Å². The van der Waals surface area contributed by atoms with Crippen molar-refractivity contribution in [2.75, 3.05) is 39.8 Å². The molecule has 0 aromatic heterocycles. The summed E-state index contributed by atoms with van der Waals surface area (Å²) < 4.78 is 11.5. The van der Waals surface area contributed by atoms with Crippen molar-refractivity contribution in [2.24, 2.45) is 0 Å². The highest BCUT2D eigenvalue weighted by Gasteiger charge is 2.21. The predicted octanol–water partition coefficient (Wildman–Crippen LogP) is 2.63. The average molecular weight is 306 g/mol. The van der Waals surface area contributed by atoms with E-state index in [1.165, 1.54) is 5.56 Å². The van der Waals surface area contributed by atoms with Crippen LogP contribution in [0, 0.1) is 0 Å². The molecule has 1 aliphatic rings. The third kappa shape index (κ3) is 5.27. The van der Waals surface area contributed by atoms with Crippen LogP contribution in [0.25, 0.3) is 0 Å². The molecule has 124 valence electrons. The molecule has 0 bridgehead atoms. The summed E-state index contributed by atoms with van der Waals surface area (Å²) in [6, 6.07) is 8.32. The predicted molar refractivity (Wildman–Crippen MR) is 90.4 cm³/mol. The van der Waals surface area contributed by atoms with Crippen molar-refractivity contribution >= 4 is 0 Å². The minimum atomic E-state index is 0.340. The molecule has 2 rings (SSSR count). The molecule has 2 atom stereocenters. The Morgan fingerprint density at radius 3 is 2.59 bits per heavy atom. The fourth-order valence-electron chi connectivity index (χ4n) is 3.08. The molecule has 0 radical (unpaired) electrons. The third-order valence-corrected chi connectivity index (χ3v) is 4.01. The van der Waals surface area contributed by atoms with Gasteiger partial charge in [-0.1, -0.05) is 18.2 Å². The van der Waals surface area contributed by atoms with E-state index in [1.807, 2.05) is 13.0 Å². The van der Waals surface area contributed by atoms with Crippen molar-refractivity contribution in [3.05, 3.63) is 29.8 Å². The van der Waals surface area contributed by atoms with E-state index in [9.17, 15) is 0 Å². The van der Waals surface area contributed by atoms with Crippen molar-refractivity contribution in [2.45, 2.75) is 39.5 Å². The van der Waals surface area contributed by atoms with Gasteiger partial charge in [0.2, 0.25) is 0 Å². The summed E-state index contributed by atoms with van der Waals surface area (Å²) in [5, 5.41) is 0. The highest BCUT2D eigenvalue weighted by Crippen LogP contribution is 2.19. The first-order valence-electron chi connectivity index (χ1n) is 8.35. The molecule has 0 spiro atoms. The van der Waals surface area contributed by atoms with E-state index < -0.39 is 0 Å². The van der Waals surface area contributed by atoms with Crippen LogP contribution in [0.4, 0.5) is 0 Å². The fourth-order valence-corrected chi connectivity index (χ4v) is 3.08. The van der Waals surface area contributed by atoms with Crippen LogP contribution in [0.1, 0.15) is 26.3 Å². The molecular formula is C18H30N2O2. The second-order valence-corrected chi connectivity index (χ2v) is 6.30. The first-order valence-corrected chi connectivity index (χ1v) is 8.35. The van der Waals surface area contributed by atoms with Crippen LogP contribution < -0.4 is 4.74 Å². The summed E-state index contributed by atoms with van der Waals surface area (Å²) in [5.74, 6) is 1.01. The first kappa shape index (κ1) is 17.3. The molecule has 1 heterocycles. The number of hydrogen-bond donors (Lipinski definition) is 0. The van der Waals surface area contributed by atoms with Gasteiger partial charge in [0.05, 0.1) is 18.8 Å². The van der Waals surface area contributed by atoms with Gasteiger partial charge in [0.1, 0.15) is 5.75 Å². The Hall–Kier alpha value is -1.10. The van der Waals surface area contributed by atoms with Gasteiger partial charge in [-0.05, 0) is 33.9 Å². The smallest absolute Gasteiger partial charge is 0.123 e. The van der Waals surface area contributed by atoms with E-state index in [1.54, 1.807) is 0 Å². The van der Waals surface area contributed by atoms with E-state index in [0.717, 1.165) is 38.5 Å². The minimum Gasteiger partial charge on any atom is -0.494 e. The number of benzene rings is 1. The summed E-state index contributed by atoms with van der Waals surface area (Å²) in [6.45, 7) is 12.2. The standard InChI is InChI=1S/C18H30N2O2/c1-5-21-18-9-7-6-8-17(18)14-19(4)10-11-20-12-15(2)22-16(3)13-20/h6-9,15-16H,5,10-14H2,1-4H3/t15-,16+. The molecule has 0 amide bonds. The highest BCUT2D eigenvalue weighted by molar-refractivity contribution is 5.33. The summed E-state index contributed by atoms with van der Waals surface area (Å²) in [6.07, 6.45) is 0.681. The molecule has 4 nitrogen and oxygen atoms in total. The molecule has 0 saturated carbocycles. The Balaban J connectivity index is 1.81. The summed E-state index contributed by atoms with van der Waals surface area (Å²) in [7, 11) is 2.18. The van der Waals surface area contributed by atoms with Gasteiger partial charge in [0.15, 0.2) is 0 Å². The molecule has 1 saturated heterocycles. The largest absolute Gasteiger partial charge is 0.494 e. The van der Waals surface area contributed by atoms with E-state index >= 15 is 0 Å². The second kappa shape index (κ2) is 8.51. The van der Waals surface area contributed by atoms with Crippen LogP contribution in [0.2, 0.25) is 0 Å². The number of nitrogens with zero attached hydrogens (tertiary/aromatic N) is 2. The lowest BCUT2D eigenvalue weighted by molar-refractivity contribution is -0.0691. The van der Waals surface area contributed by atoms with Gasteiger partial charge in [0.25, 0.3) is 0 Å². The maximum absolute atomic E-state index is 5.79. The van der Waals surface area contributed by atoms with Crippen molar-refractivity contribution in [1.82, 2.24) is 9.80 Å². The Kier molecular flexibility index (Phi) is 6.68. The lowest BCUT2D eigenvalue weighted by Crippen LogP contribution is -2.47. The zero-order valence-electron chi connectivity index (χ0n) is 14.4. The van der Waals surface area contributed by atoms with Gasteiger partial charge < -0.3 is 14.4 Å². The Bertz CT molecular complexity index is 442. The number of likely N-dealkylation sites (N-methyl/N-ethyl adjacent to an activating group) is 1. The molecule has 0 unspecified atom stereocenters. The number of rotatable bonds is 7. The van der Waals surface area contributed by atoms with Crippen LogP contribution in [0.15, 0.2) is 24.3 Å². The molecule has 1 fully saturated rings. The number of morpholine rings is 1. The second-order valence-electron chi connectivity index (χ2n) is 6.30. The lowest BCUT2D eigenvalue weighted by Gasteiger charge is -2.36. The Morgan fingerprint density at radius 1 is 1.23 bits per heavy atom. The molecule has 1 aliphatic heterocycles. The Morgan fingerprint density at radius 2 is 1.91 bits per heavy atom. The molecule has 4 heteroatoms. The van der Waals surface area contributed by atoms with Crippen LogP contribution in [-0.4, -0.2) is 61.8 Å². The van der Waals surface area contributed by atoms with Crippen molar-refractivity contribution in [3.63, 3.8) is 0 Å². The molecule has 0 aliphatic carbocycles. The zero-order chi connectivity index (χ0) is 15.9. The van der Waals surface area contributed by atoms with Crippen LogP contribution in [0.5, 0.6) is 5.75 Å². The lowest BCUT2D eigenvalue weighted by atomic mass is 10.2. The van der Waals surface area contributed by atoms with Gasteiger partial charge in [-0.2, -0.15) is 0 Å². The minimum absolute atomic E-state index is 0.340. The highest BCUT2D eigenvalue weighted by atomic mass is 16.5. The van der Waals surface area contributed by atoms with E-state index in [0.29, 0.717) is 18.8 Å². The van der Waals surface area contributed by atoms with Crippen LogP contribution >= 0.6 is 0 Å². The van der Waals surface area contributed by atoms with Gasteiger partial charge in [0, 0.05) is 38.3 Å². The van der Waals surface area contributed by atoms with Crippen molar-refractivity contribution in [1.29, 1.82) is 0 Å². The van der Waals surface area contributed by atoms with Crippen LogP contribution in [-0.2, 0) is 11.3 Å². The summed E-state index contributed by atoms with van der Waals surface area (Å²) in [5.41, 5.74) is 1.26. The topological polar surface area (TPSA) is 24.9 Å². The third-order valence-electron chi connectivity index (χ3n) is 4.01. The SMILES string of the molecule is CCOc1ccccc1CN(C)CCN1C[C@@H](C)O[C@@H](C)C1. The van der Waals surface area contributed by atoms with Crippen molar-refractivity contribution < 1.29 is 9.47 Å². The number of ether oxygens (including phenoxy) is 2. The monoisotopic (exact) mass is 306 g/mol. The van der Waals surface area contributed by atoms with Gasteiger partial charge in [-0.3, -0.25) is 4.90 Å². The summed E-state index contributed by atoms with van der Waals surface area (Å²) >= 11 is 0. The van der Waals surface area contributed by atoms with Gasteiger partial charge in [-0.25, -0.2) is 0 Å². The molecular weight excluding hydrogens is 276 g/mol. The number of hydrogen-bond acceptors (Lipinski definition) is 4. The van der Waals surface area contributed by atoms with E-state index in [2.05, 4.69) is 48.9 Å². The number of para-hydroxylation sites is 1. The molecule has 22 heavy (non-hydrogen) atoms. The fraction of sp³-hybridized carbons (Fsp3) is 0.667. The maximum atomic E-state index is 5.79. The summed E-state index contributed by atoms with van der Waals surface area (Å²) in [4.78, 5) is 4.87. The van der Waals surface area contributed by atoms with E-state index in [-0.39, 0.29) is 0 Å². The van der Waals surface area contributed by atoms with Gasteiger partial charge in [-0.15, -0.1) is 0 Å². The molecule has 1 aromatic carbocycles. The zero-order valence-corrected chi connectivity index (χ0v) is 14.4. The molecule has 1 aromatic rings. The molecule has 0 N–H and O–H groups in total.